The Balaban J connectivity index is 3.39. The van der Waals surface area contributed by atoms with E-state index < -0.39 is 5.97 Å². The van der Waals surface area contributed by atoms with Gasteiger partial charge in [0, 0.05) is 16.3 Å². The molecule has 68 valence electrons. The van der Waals surface area contributed by atoms with E-state index >= 15 is 0 Å². The van der Waals surface area contributed by atoms with E-state index in [0.717, 1.165) is 19.3 Å². The SMILES string of the molecule is COC(=O)C#CCCCC(C)I. The second-order valence-corrected chi connectivity index (χ2v) is 4.59. The molecule has 0 radical (unpaired) electrons. The first-order chi connectivity index (χ1) is 5.66. The molecule has 0 amide bonds. The van der Waals surface area contributed by atoms with Gasteiger partial charge in [0.1, 0.15) is 0 Å². The molecule has 0 saturated heterocycles. The summed E-state index contributed by atoms with van der Waals surface area (Å²) < 4.78 is 5.05. The van der Waals surface area contributed by atoms with E-state index in [9.17, 15) is 4.79 Å². The summed E-state index contributed by atoms with van der Waals surface area (Å²) in [5, 5.41) is 0. The largest absolute Gasteiger partial charge is 0.459 e. The van der Waals surface area contributed by atoms with Crippen LogP contribution in [0.4, 0.5) is 0 Å². The Morgan fingerprint density at radius 3 is 2.83 bits per heavy atom. The van der Waals surface area contributed by atoms with Crippen LogP contribution >= 0.6 is 22.6 Å². The molecule has 0 spiro atoms. The van der Waals surface area contributed by atoms with E-state index in [0.29, 0.717) is 3.92 Å². The minimum absolute atomic E-state index is 0.447. The van der Waals surface area contributed by atoms with Crippen molar-refractivity contribution in [2.24, 2.45) is 0 Å². The van der Waals surface area contributed by atoms with Gasteiger partial charge in [0.25, 0.3) is 0 Å². The van der Waals surface area contributed by atoms with Crippen molar-refractivity contribution in [2.45, 2.75) is 30.1 Å². The average molecular weight is 280 g/mol. The molecule has 0 aromatic carbocycles. The first-order valence-electron chi connectivity index (χ1n) is 3.87. The van der Waals surface area contributed by atoms with Crippen molar-refractivity contribution < 1.29 is 9.53 Å². The van der Waals surface area contributed by atoms with Gasteiger partial charge in [-0.15, -0.1) is 0 Å². The Hall–Kier alpha value is -0.240. The van der Waals surface area contributed by atoms with Crippen LogP contribution < -0.4 is 0 Å². The first-order valence-corrected chi connectivity index (χ1v) is 5.12. The van der Waals surface area contributed by atoms with Gasteiger partial charge >= 0.3 is 5.97 Å². The number of carbonyl (C=O) groups is 1. The molecule has 0 heterocycles. The second kappa shape index (κ2) is 7.41. The van der Waals surface area contributed by atoms with Gasteiger partial charge in [-0.2, -0.15) is 0 Å². The topological polar surface area (TPSA) is 26.3 Å². The van der Waals surface area contributed by atoms with Gasteiger partial charge in [-0.05, 0) is 12.8 Å². The Labute approximate surface area is 87.2 Å². The third-order valence-corrected chi connectivity index (χ3v) is 1.90. The number of hydrogen-bond acceptors (Lipinski definition) is 2. The smallest absolute Gasteiger partial charge is 0.384 e. The predicted molar refractivity (Wildman–Crippen MR) is 57.1 cm³/mol. The number of carbonyl (C=O) groups excluding carboxylic acids is 1. The highest BCUT2D eigenvalue weighted by atomic mass is 127. The maximum absolute atomic E-state index is 10.5. The molecule has 0 aliphatic carbocycles. The lowest BCUT2D eigenvalue weighted by atomic mass is 10.2. The minimum atomic E-state index is -0.447. The third-order valence-electron chi connectivity index (χ3n) is 1.28. The summed E-state index contributed by atoms with van der Waals surface area (Å²) >= 11 is 2.38. The second-order valence-electron chi connectivity index (χ2n) is 2.47. The van der Waals surface area contributed by atoms with E-state index in [2.05, 4.69) is 46.1 Å². The number of methoxy groups -OCH3 is 1. The maximum Gasteiger partial charge on any atom is 0.384 e. The number of hydrogen-bond donors (Lipinski definition) is 0. The zero-order valence-corrected chi connectivity index (χ0v) is 9.55. The van der Waals surface area contributed by atoms with Crippen molar-refractivity contribution in [3.05, 3.63) is 0 Å². The fourth-order valence-corrected chi connectivity index (χ4v) is 1.10. The first kappa shape index (κ1) is 11.8. The summed E-state index contributed by atoms with van der Waals surface area (Å²) in [4.78, 5) is 10.5. The normalized spacial score (nSPS) is 11.2. The lowest BCUT2D eigenvalue weighted by Crippen LogP contribution is -1.94. The molecule has 0 aromatic heterocycles. The van der Waals surface area contributed by atoms with Crippen LogP contribution in [0.3, 0.4) is 0 Å². The van der Waals surface area contributed by atoms with Crippen molar-refractivity contribution in [3.8, 4) is 11.8 Å². The van der Waals surface area contributed by atoms with Crippen molar-refractivity contribution in [1.82, 2.24) is 0 Å². The number of unbranched alkanes of at least 4 members (excludes halogenated alkanes) is 1. The van der Waals surface area contributed by atoms with Gasteiger partial charge in [0.15, 0.2) is 0 Å². The van der Waals surface area contributed by atoms with Crippen LogP contribution in [0.15, 0.2) is 0 Å². The summed E-state index contributed by atoms with van der Waals surface area (Å²) in [6.07, 6.45) is 2.98. The number of halogens is 1. The monoisotopic (exact) mass is 280 g/mol. The molecule has 3 heteroatoms. The average Bonchev–Trinajstić information content (AvgIpc) is 2.03. The summed E-state index contributed by atoms with van der Waals surface area (Å²) in [6.45, 7) is 2.16. The van der Waals surface area contributed by atoms with Crippen molar-refractivity contribution in [3.63, 3.8) is 0 Å². The molecule has 12 heavy (non-hydrogen) atoms. The van der Waals surface area contributed by atoms with E-state index in [4.69, 9.17) is 0 Å². The van der Waals surface area contributed by atoms with E-state index in [1.165, 1.54) is 7.11 Å². The van der Waals surface area contributed by atoms with Gasteiger partial charge < -0.3 is 4.74 Å². The molecule has 0 rings (SSSR count). The zero-order valence-electron chi connectivity index (χ0n) is 7.39. The molecule has 1 unspecified atom stereocenters. The zero-order chi connectivity index (χ0) is 9.40. The fraction of sp³-hybridized carbons (Fsp3) is 0.667. The van der Waals surface area contributed by atoms with Crippen LogP contribution in [0.25, 0.3) is 0 Å². The summed E-state index contributed by atoms with van der Waals surface area (Å²) in [5.74, 6) is 4.71. The van der Waals surface area contributed by atoms with Gasteiger partial charge in [-0.1, -0.05) is 35.4 Å². The number of ether oxygens (including phenoxy) is 1. The molecule has 0 bridgehead atoms. The Morgan fingerprint density at radius 1 is 1.67 bits per heavy atom. The highest BCUT2D eigenvalue weighted by Crippen LogP contribution is 2.07. The number of rotatable bonds is 3. The minimum Gasteiger partial charge on any atom is -0.459 e. The van der Waals surface area contributed by atoms with Crippen LogP contribution in [0.5, 0.6) is 0 Å². The molecule has 0 saturated carbocycles. The summed E-state index contributed by atoms with van der Waals surface area (Å²) in [6, 6.07) is 0. The van der Waals surface area contributed by atoms with Gasteiger partial charge in [-0.3, -0.25) is 0 Å². The summed E-state index contributed by atoms with van der Waals surface area (Å²) in [7, 11) is 1.34. The summed E-state index contributed by atoms with van der Waals surface area (Å²) in [5.41, 5.74) is 0. The molecule has 0 fully saturated rings. The standard InChI is InChI=1S/C9H13IO2/c1-8(10)6-4-3-5-7-9(11)12-2/h8H,3-4,6H2,1-2H3. The van der Waals surface area contributed by atoms with Crippen LogP contribution in [0, 0.1) is 11.8 Å². The third kappa shape index (κ3) is 7.86. The molecule has 0 aliphatic rings. The van der Waals surface area contributed by atoms with Gasteiger partial charge in [0.2, 0.25) is 0 Å². The van der Waals surface area contributed by atoms with E-state index in [-0.39, 0.29) is 0 Å². The lowest BCUT2D eigenvalue weighted by Gasteiger charge is -1.97. The van der Waals surface area contributed by atoms with Gasteiger partial charge in [0.05, 0.1) is 7.11 Å². The Bertz CT molecular complexity index is 188. The molecular formula is C9H13IO2. The molecular weight excluding hydrogens is 267 g/mol. The van der Waals surface area contributed by atoms with Crippen LogP contribution in [0.1, 0.15) is 26.2 Å². The van der Waals surface area contributed by atoms with Crippen molar-refractivity contribution >= 4 is 28.6 Å². The molecule has 2 nitrogen and oxygen atoms in total. The predicted octanol–water partition coefficient (Wildman–Crippen LogP) is 2.16. The van der Waals surface area contributed by atoms with Gasteiger partial charge in [-0.25, -0.2) is 4.79 Å². The molecule has 1 atom stereocenters. The number of esters is 1. The fourth-order valence-electron chi connectivity index (χ4n) is 0.657. The molecule has 0 N–H and O–H groups in total. The number of alkyl halides is 1. The van der Waals surface area contributed by atoms with E-state index in [1.54, 1.807) is 0 Å². The van der Waals surface area contributed by atoms with Crippen molar-refractivity contribution in [1.29, 1.82) is 0 Å². The quantitative estimate of drug-likeness (QED) is 0.198. The van der Waals surface area contributed by atoms with Crippen LogP contribution in [-0.4, -0.2) is 17.0 Å². The Morgan fingerprint density at radius 2 is 2.33 bits per heavy atom. The lowest BCUT2D eigenvalue weighted by molar-refractivity contribution is -0.133. The Kier molecular flexibility index (Phi) is 7.26. The van der Waals surface area contributed by atoms with Crippen LogP contribution in [-0.2, 0) is 9.53 Å². The van der Waals surface area contributed by atoms with Crippen molar-refractivity contribution in [2.75, 3.05) is 7.11 Å². The maximum atomic E-state index is 10.5. The highest BCUT2D eigenvalue weighted by Gasteiger charge is 1.93. The molecule has 0 aliphatic heterocycles. The highest BCUT2D eigenvalue weighted by molar-refractivity contribution is 14.1. The molecule has 0 aromatic rings. The van der Waals surface area contributed by atoms with E-state index in [1.807, 2.05) is 0 Å². The van der Waals surface area contributed by atoms with Crippen LogP contribution in [0.2, 0.25) is 0 Å².